The van der Waals surface area contributed by atoms with Crippen LogP contribution in [0.2, 0.25) is 0 Å². The predicted molar refractivity (Wildman–Crippen MR) is 65.9 cm³/mol. The van der Waals surface area contributed by atoms with E-state index in [4.69, 9.17) is 10.2 Å². The van der Waals surface area contributed by atoms with Crippen LogP contribution >= 0.6 is 0 Å². The zero-order valence-electron chi connectivity index (χ0n) is 10.4. The average molecular weight is 251 g/mol. The molecule has 0 aliphatic heterocycles. The van der Waals surface area contributed by atoms with Gasteiger partial charge in [0.15, 0.2) is 0 Å². The minimum Gasteiger partial charge on any atom is -0.481 e. The number of nitrogens with one attached hydrogen (secondary N) is 1. The summed E-state index contributed by atoms with van der Waals surface area (Å²) in [5.74, 6) is -1.94. The van der Waals surface area contributed by atoms with E-state index in [1.54, 1.807) is 0 Å². The quantitative estimate of drug-likeness (QED) is 0.387. The zero-order chi connectivity index (χ0) is 11.7. The van der Waals surface area contributed by atoms with E-state index in [-0.39, 0.29) is 25.1 Å². The van der Waals surface area contributed by atoms with Crippen molar-refractivity contribution in [2.45, 2.75) is 45.1 Å². The van der Waals surface area contributed by atoms with Gasteiger partial charge in [-0.1, -0.05) is 19.8 Å². The van der Waals surface area contributed by atoms with Crippen molar-refractivity contribution in [3.8, 4) is 0 Å². The highest BCUT2D eigenvalue weighted by atomic mass is 16.4. The van der Waals surface area contributed by atoms with Gasteiger partial charge in [0, 0.05) is 6.42 Å². The van der Waals surface area contributed by atoms with Crippen molar-refractivity contribution in [2.75, 3.05) is 6.54 Å². The average Bonchev–Trinajstić information content (AvgIpc) is 2.15. The number of aliphatic carboxylic acids is 2. The van der Waals surface area contributed by atoms with Gasteiger partial charge in [-0.05, 0) is 19.4 Å². The summed E-state index contributed by atoms with van der Waals surface area (Å²) in [6.07, 6.45) is 3.08. The summed E-state index contributed by atoms with van der Waals surface area (Å²) in [5.41, 5.74) is 0. The van der Waals surface area contributed by atoms with E-state index >= 15 is 0 Å². The molecule has 0 amide bonds. The lowest BCUT2D eigenvalue weighted by molar-refractivity contribution is -0.140. The fourth-order valence-corrected chi connectivity index (χ4v) is 1.23. The van der Waals surface area contributed by atoms with Gasteiger partial charge >= 0.3 is 11.9 Å². The summed E-state index contributed by atoms with van der Waals surface area (Å²) >= 11 is 0. The highest BCUT2D eigenvalue weighted by Gasteiger charge is 2.17. The largest absolute Gasteiger partial charge is 0.481 e. The molecular formula is C10H25N3O4. The third kappa shape index (κ3) is 12.8. The van der Waals surface area contributed by atoms with Gasteiger partial charge in [-0.25, -0.2) is 0 Å². The third-order valence-corrected chi connectivity index (χ3v) is 2.12. The Morgan fingerprint density at radius 3 is 2.18 bits per heavy atom. The molecule has 7 heteroatoms. The topological polar surface area (TPSA) is 157 Å². The van der Waals surface area contributed by atoms with Gasteiger partial charge in [0.1, 0.15) is 6.04 Å². The lowest BCUT2D eigenvalue weighted by atomic mass is 10.1. The van der Waals surface area contributed by atoms with Crippen LogP contribution in [0.1, 0.15) is 39.0 Å². The molecule has 0 rings (SSSR count). The van der Waals surface area contributed by atoms with Crippen LogP contribution in [0.3, 0.4) is 0 Å². The fourth-order valence-electron chi connectivity index (χ4n) is 1.23. The number of carboxylic acids is 2. The number of hydrogen-bond acceptors (Lipinski definition) is 5. The Morgan fingerprint density at radius 1 is 1.18 bits per heavy atom. The van der Waals surface area contributed by atoms with Crippen LogP contribution in [0.4, 0.5) is 0 Å². The highest BCUT2D eigenvalue weighted by molar-refractivity contribution is 5.75. The van der Waals surface area contributed by atoms with Crippen molar-refractivity contribution in [1.29, 1.82) is 0 Å². The number of unbranched alkanes of at least 4 members (excludes halogenated alkanes) is 2. The molecule has 0 aromatic rings. The molecule has 0 fully saturated rings. The maximum Gasteiger partial charge on any atom is 0.320 e. The molecular weight excluding hydrogens is 226 g/mol. The third-order valence-electron chi connectivity index (χ3n) is 2.12. The Balaban J connectivity index is -0.000000980. The van der Waals surface area contributed by atoms with Crippen molar-refractivity contribution in [2.24, 2.45) is 0 Å². The van der Waals surface area contributed by atoms with E-state index in [0.29, 0.717) is 6.54 Å². The van der Waals surface area contributed by atoms with Gasteiger partial charge in [-0.2, -0.15) is 0 Å². The molecule has 0 heterocycles. The smallest absolute Gasteiger partial charge is 0.320 e. The second-order valence-electron chi connectivity index (χ2n) is 3.48. The predicted octanol–water partition coefficient (Wildman–Crippen LogP) is 1.41. The Kier molecular flexibility index (Phi) is 16.0. The van der Waals surface area contributed by atoms with E-state index in [1.807, 2.05) is 0 Å². The summed E-state index contributed by atoms with van der Waals surface area (Å²) in [4.78, 5) is 21.0. The normalized spacial score (nSPS) is 10.9. The van der Waals surface area contributed by atoms with E-state index in [2.05, 4.69) is 12.2 Å². The standard InChI is InChI=1S/C10H19NO4.2H3N/c1-2-3-4-7-11-8(10(14)15)5-6-9(12)13;;/h8,11H,2-7H2,1H3,(H,12,13)(H,14,15);2*1H3. The fraction of sp³-hybridized carbons (Fsp3) is 0.800. The molecule has 7 nitrogen and oxygen atoms in total. The number of carboxylic acid groups (broad SMARTS) is 2. The first-order valence-electron chi connectivity index (χ1n) is 5.26. The lowest BCUT2D eigenvalue weighted by Gasteiger charge is -2.12. The summed E-state index contributed by atoms with van der Waals surface area (Å²) in [7, 11) is 0. The maximum atomic E-state index is 10.7. The van der Waals surface area contributed by atoms with Crippen molar-refractivity contribution < 1.29 is 19.8 Å². The molecule has 0 saturated carbocycles. The minimum absolute atomic E-state index is 0. The van der Waals surface area contributed by atoms with Crippen LogP contribution in [0.25, 0.3) is 0 Å². The molecule has 1 atom stereocenters. The Labute approximate surface area is 102 Å². The Hall–Kier alpha value is -1.18. The summed E-state index contributed by atoms with van der Waals surface area (Å²) in [6, 6.07) is -0.738. The first kappa shape index (κ1) is 21.1. The molecule has 0 aliphatic carbocycles. The van der Waals surface area contributed by atoms with Crippen molar-refractivity contribution >= 4 is 11.9 Å². The monoisotopic (exact) mass is 251 g/mol. The number of rotatable bonds is 9. The maximum absolute atomic E-state index is 10.7. The zero-order valence-corrected chi connectivity index (χ0v) is 10.4. The first-order valence-corrected chi connectivity index (χ1v) is 5.26. The molecule has 0 bridgehead atoms. The minimum atomic E-state index is -0.979. The molecule has 0 saturated heterocycles. The van der Waals surface area contributed by atoms with Crippen LogP contribution in [0, 0.1) is 0 Å². The van der Waals surface area contributed by atoms with Crippen molar-refractivity contribution in [3.05, 3.63) is 0 Å². The molecule has 17 heavy (non-hydrogen) atoms. The van der Waals surface area contributed by atoms with Crippen molar-refractivity contribution in [1.82, 2.24) is 17.6 Å². The molecule has 9 N–H and O–H groups in total. The van der Waals surface area contributed by atoms with Gasteiger partial charge in [-0.3, -0.25) is 9.59 Å². The molecule has 0 spiro atoms. The second kappa shape index (κ2) is 12.9. The van der Waals surface area contributed by atoms with Crippen LogP contribution in [-0.2, 0) is 9.59 Å². The molecule has 0 aromatic heterocycles. The van der Waals surface area contributed by atoms with Gasteiger partial charge in [0.05, 0.1) is 0 Å². The summed E-state index contributed by atoms with van der Waals surface area (Å²) in [5, 5.41) is 20.1. The Morgan fingerprint density at radius 2 is 1.76 bits per heavy atom. The molecule has 104 valence electrons. The van der Waals surface area contributed by atoms with E-state index < -0.39 is 18.0 Å². The van der Waals surface area contributed by atoms with Crippen molar-refractivity contribution in [3.63, 3.8) is 0 Å². The van der Waals surface area contributed by atoms with Gasteiger partial charge < -0.3 is 27.8 Å². The van der Waals surface area contributed by atoms with E-state index in [9.17, 15) is 9.59 Å². The van der Waals surface area contributed by atoms with Crippen LogP contribution in [0.5, 0.6) is 0 Å². The summed E-state index contributed by atoms with van der Waals surface area (Å²) < 4.78 is 0. The lowest BCUT2D eigenvalue weighted by Crippen LogP contribution is -2.37. The highest BCUT2D eigenvalue weighted by Crippen LogP contribution is 1.99. The molecule has 1 unspecified atom stereocenters. The second-order valence-corrected chi connectivity index (χ2v) is 3.48. The summed E-state index contributed by atoms with van der Waals surface area (Å²) in [6.45, 7) is 2.70. The van der Waals surface area contributed by atoms with Crippen LogP contribution < -0.4 is 17.6 Å². The van der Waals surface area contributed by atoms with E-state index in [0.717, 1.165) is 19.3 Å². The van der Waals surface area contributed by atoms with Gasteiger partial charge in [0.2, 0.25) is 0 Å². The number of carbonyl (C=O) groups is 2. The number of hydrogen-bond donors (Lipinski definition) is 5. The Bertz CT molecular complexity index is 212. The van der Waals surface area contributed by atoms with Crippen LogP contribution in [-0.4, -0.2) is 34.7 Å². The van der Waals surface area contributed by atoms with E-state index in [1.165, 1.54) is 0 Å². The molecule has 0 aliphatic rings. The first-order chi connectivity index (χ1) is 7.07. The molecule has 0 aromatic carbocycles. The van der Waals surface area contributed by atoms with Gasteiger partial charge in [0.25, 0.3) is 0 Å². The SMILES string of the molecule is CCCCCNC(CCC(=O)O)C(=O)O.N.N. The van der Waals surface area contributed by atoms with Gasteiger partial charge in [-0.15, -0.1) is 0 Å². The molecule has 0 radical (unpaired) electrons. The van der Waals surface area contributed by atoms with Crippen LogP contribution in [0.15, 0.2) is 0 Å².